The molecule has 0 aliphatic heterocycles. The SMILES string of the molecule is O=C(OC[C@@H](O)[C@](O)(C(=O)c1ccccc1)[C@@H](O)C(=O)C(=O)c1ccccc1)c1ccccc1. The minimum Gasteiger partial charge on any atom is -0.459 e. The van der Waals surface area contributed by atoms with Gasteiger partial charge in [0.2, 0.25) is 11.6 Å². The van der Waals surface area contributed by atoms with Crippen LogP contribution < -0.4 is 0 Å². The van der Waals surface area contributed by atoms with E-state index < -0.39 is 47.7 Å². The van der Waals surface area contributed by atoms with Gasteiger partial charge in [0.05, 0.1) is 5.56 Å². The van der Waals surface area contributed by atoms with E-state index in [2.05, 4.69) is 0 Å². The number of carbonyl (C=O) groups excluding carboxylic acids is 4. The monoisotopic (exact) mass is 462 g/mol. The Morgan fingerprint density at radius 2 is 1.15 bits per heavy atom. The maximum Gasteiger partial charge on any atom is 0.338 e. The number of ether oxygens (including phenoxy) is 1. The first-order valence-electron chi connectivity index (χ1n) is 10.3. The molecule has 0 saturated heterocycles. The molecule has 3 aromatic rings. The summed E-state index contributed by atoms with van der Waals surface area (Å²) in [5.74, 6) is -4.76. The molecule has 0 radical (unpaired) electrons. The van der Waals surface area contributed by atoms with Crippen LogP contribution in [0.2, 0.25) is 0 Å². The third kappa shape index (κ3) is 5.15. The lowest BCUT2D eigenvalue weighted by Crippen LogP contribution is -2.63. The Labute approximate surface area is 195 Å². The van der Waals surface area contributed by atoms with Gasteiger partial charge in [0, 0.05) is 11.1 Å². The molecule has 34 heavy (non-hydrogen) atoms. The first kappa shape index (κ1) is 24.7. The Morgan fingerprint density at radius 3 is 1.65 bits per heavy atom. The van der Waals surface area contributed by atoms with Crippen molar-refractivity contribution >= 4 is 23.3 Å². The van der Waals surface area contributed by atoms with Crippen molar-refractivity contribution in [1.82, 2.24) is 0 Å². The van der Waals surface area contributed by atoms with Crippen molar-refractivity contribution < 1.29 is 39.2 Å². The lowest BCUT2D eigenvalue weighted by Gasteiger charge is -2.34. The average molecular weight is 462 g/mol. The van der Waals surface area contributed by atoms with Crippen molar-refractivity contribution in [2.75, 3.05) is 6.61 Å². The number of esters is 1. The van der Waals surface area contributed by atoms with Crippen molar-refractivity contribution in [1.29, 1.82) is 0 Å². The molecule has 0 aliphatic carbocycles. The highest BCUT2D eigenvalue weighted by molar-refractivity contribution is 6.45. The van der Waals surface area contributed by atoms with Crippen molar-refractivity contribution in [3.63, 3.8) is 0 Å². The number of benzene rings is 3. The molecule has 8 nitrogen and oxygen atoms in total. The van der Waals surface area contributed by atoms with Gasteiger partial charge in [-0.25, -0.2) is 4.79 Å². The van der Waals surface area contributed by atoms with Crippen LogP contribution in [0.3, 0.4) is 0 Å². The standard InChI is InChI=1S/C26H22O8/c27-20(16-34-25(32)19-14-8-3-9-15-19)26(33,23(30)18-12-6-2-7-13-18)24(31)22(29)21(28)17-10-4-1-5-11-17/h1-15,20,24,27,31,33H,16H2/t20-,24+,26+/m1/s1. The number of rotatable bonds is 10. The molecular formula is C26H22O8. The molecule has 0 heterocycles. The van der Waals surface area contributed by atoms with Crippen LogP contribution in [0.5, 0.6) is 0 Å². The van der Waals surface area contributed by atoms with E-state index in [-0.39, 0.29) is 16.7 Å². The third-order valence-electron chi connectivity index (χ3n) is 5.21. The van der Waals surface area contributed by atoms with Gasteiger partial charge in [-0.1, -0.05) is 78.9 Å². The molecule has 3 N–H and O–H groups in total. The lowest BCUT2D eigenvalue weighted by molar-refractivity contribution is -0.152. The fourth-order valence-electron chi connectivity index (χ4n) is 3.27. The van der Waals surface area contributed by atoms with Crippen molar-refractivity contribution in [3.05, 3.63) is 108 Å². The molecule has 0 aromatic heterocycles. The van der Waals surface area contributed by atoms with Gasteiger partial charge in [-0.15, -0.1) is 0 Å². The van der Waals surface area contributed by atoms with E-state index in [9.17, 15) is 34.5 Å². The first-order valence-corrected chi connectivity index (χ1v) is 10.3. The number of Topliss-reactive ketones (excluding diaryl/α,β-unsaturated/α-hetero) is 3. The molecule has 0 spiro atoms. The number of ketones is 3. The second-order valence-corrected chi connectivity index (χ2v) is 7.46. The van der Waals surface area contributed by atoms with Gasteiger partial charge >= 0.3 is 5.97 Å². The Bertz CT molecular complexity index is 1160. The second kappa shape index (κ2) is 10.8. The van der Waals surface area contributed by atoms with E-state index >= 15 is 0 Å². The minimum atomic E-state index is -3.18. The third-order valence-corrected chi connectivity index (χ3v) is 5.21. The number of hydrogen-bond donors (Lipinski definition) is 3. The first-order chi connectivity index (χ1) is 16.3. The predicted molar refractivity (Wildman–Crippen MR) is 120 cm³/mol. The van der Waals surface area contributed by atoms with E-state index in [0.29, 0.717) is 0 Å². The summed E-state index contributed by atoms with van der Waals surface area (Å²) in [6, 6.07) is 22.1. The molecule has 0 bridgehead atoms. The zero-order valence-corrected chi connectivity index (χ0v) is 17.9. The highest BCUT2D eigenvalue weighted by atomic mass is 16.5. The smallest absolute Gasteiger partial charge is 0.338 e. The maximum absolute atomic E-state index is 13.2. The molecule has 0 amide bonds. The molecule has 0 unspecified atom stereocenters. The Hall–Kier alpha value is -3.98. The summed E-state index contributed by atoms with van der Waals surface area (Å²) in [7, 11) is 0. The van der Waals surface area contributed by atoms with Gasteiger partial charge < -0.3 is 20.1 Å². The van der Waals surface area contributed by atoms with E-state index in [1.165, 1.54) is 60.7 Å². The van der Waals surface area contributed by atoms with Crippen LogP contribution in [0, 0.1) is 0 Å². The molecule has 0 aliphatic rings. The number of aliphatic hydroxyl groups is 3. The van der Waals surface area contributed by atoms with E-state index in [1.54, 1.807) is 30.3 Å². The van der Waals surface area contributed by atoms with Gasteiger partial charge in [0.15, 0.2) is 17.5 Å². The van der Waals surface area contributed by atoms with Gasteiger partial charge in [0.25, 0.3) is 0 Å². The Kier molecular flexibility index (Phi) is 7.80. The summed E-state index contributed by atoms with van der Waals surface area (Å²) in [6.07, 6.45) is -4.88. The summed E-state index contributed by atoms with van der Waals surface area (Å²) in [5.41, 5.74) is -3.26. The highest BCUT2D eigenvalue weighted by Gasteiger charge is 2.54. The topological polar surface area (TPSA) is 138 Å². The van der Waals surface area contributed by atoms with Crippen LogP contribution in [0.1, 0.15) is 31.1 Å². The molecule has 0 saturated carbocycles. The molecule has 3 aromatic carbocycles. The average Bonchev–Trinajstić information content (AvgIpc) is 2.90. The summed E-state index contributed by atoms with van der Waals surface area (Å²) in [6.45, 7) is -0.938. The van der Waals surface area contributed by atoms with E-state index in [4.69, 9.17) is 4.74 Å². The van der Waals surface area contributed by atoms with Crippen LogP contribution in [-0.2, 0) is 9.53 Å². The van der Waals surface area contributed by atoms with Crippen LogP contribution in [-0.4, -0.2) is 63.1 Å². The second-order valence-electron chi connectivity index (χ2n) is 7.46. The van der Waals surface area contributed by atoms with E-state index in [1.807, 2.05) is 0 Å². The van der Waals surface area contributed by atoms with Crippen LogP contribution in [0.25, 0.3) is 0 Å². The fourth-order valence-corrected chi connectivity index (χ4v) is 3.27. The van der Waals surface area contributed by atoms with Crippen molar-refractivity contribution in [2.45, 2.75) is 17.8 Å². The summed E-state index contributed by atoms with van der Waals surface area (Å²) in [5, 5.41) is 32.6. The zero-order chi connectivity index (χ0) is 24.7. The van der Waals surface area contributed by atoms with Crippen LogP contribution in [0.4, 0.5) is 0 Å². The summed E-state index contributed by atoms with van der Waals surface area (Å²) >= 11 is 0. The molecule has 3 rings (SSSR count). The number of carbonyl (C=O) groups is 4. The predicted octanol–water partition coefficient (Wildman–Crippen LogP) is 1.63. The molecule has 0 fully saturated rings. The maximum atomic E-state index is 13.2. The van der Waals surface area contributed by atoms with Crippen molar-refractivity contribution in [2.24, 2.45) is 0 Å². The number of aliphatic hydroxyl groups excluding tert-OH is 2. The number of hydrogen-bond acceptors (Lipinski definition) is 8. The normalized spacial score (nSPS) is 14.3. The molecular weight excluding hydrogens is 440 g/mol. The molecule has 8 heteroatoms. The Balaban J connectivity index is 1.90. The van der Waals surface area contributed by atoms with Crippen LogP contribution in [0.15, 0.2) is 91.0 Å². The minimum absolute atomic E-state index is 0.0777. The summed E-state index contributed by atoms with van der Waals surface area (Å²) < 4.78 is 4.99. The van der Waals surface area contributed by atoms with E-state index in [0.717, 1.165) is 0 Å². The molecule has 174 valence electrons. The lowest BCUT2D eigenvalue weighted by atomic mass is 9.80. The van der Waals surface area contributed by atoms with Crippen LogP contribution >= 0.6 is 0 Å². The summed E-state index contributed by atoms with van der Waals surface area (Å²) in [4.78, 5) is 50.7. The fraction of sp³-hybridized carbons (Fsp3) is 0.154. The Morgan fingerprint density at radius 1 is 0.706 bits per heavy atom. The quantitative estimate of drug-likeness (QED) is 0.235. The molecule has 3 atom stereocenters. The van der Waals surface area contributed by atoms with Gasteiger partial charge in [-0.3, -0.25) is 14.4 Å². The van der Waals surface area contributed by atoms with Gasteiger partial charge in [-0.05, 0) is 12.1 Å². The van der Waals surface area contributed by atoms with Gasteiger partial charge in [0.1, 0.15) is 12.7 Å². The largest absolute Gasteiger partial charge is 0.459 e. The van der Waals surface area contributed by atoms with Crippen molar-refractivity contribution in [3.8, 4) is 0 Å². The van der Waals surface area contributed by atoms with Gasteiger partial charge in [-0.2, -0.15) is 0 Å². The highest BCUT2D eigenvalue weighted by Crippen LogP contribution is 2.25. The zero-order valence-electron chi connectivity index (χ0n) is 17.9.